The van der Waals surface area contributed by atoms with Crippen LogP contribution in [0.25, 0.3) is 0 Å². The van der Waals surface area contributed by atoms with E-state index in [1.54, 1.807) is 0 Å². The van der Waals surface area contributed by atoms with Crippen molar-refractivity contribution < 1.29 is 4.79 Å². The molecule has 3 heterocycles. The van der Waals surface area contributed by atoms with E-state index in [9.17, 15) is 4.79 Å². The summed E-state index contributed by atoms with van der Waals surface area (Å²) in [5.74, 6) is 2.73. The summed E-state index contributed by atoms with van der Waals surface area (Å²) in [5, 5.41) is 0. The Morgan fingerprint density at radius 1 is 1.13 bits per heavy atom. The van der Waals surface area contributed by atoms with E-state index in [4.69, 9.17) is 9.97 Å². The van der Waals surface area contributed by atoms with Gasteiger partial charge in [-0.05, 0) is 64.0 Å². The molecule has 1 aromatic rings. The number of hydrogen-bond donors (Lipinski definition) is 0. The highest BCUT2D eigenvalue weighted by Gasteiger charge is 2.54. The Kier molecular flexibility index (Phi) is 5.58. The van der Waals surface area contributed by atoms with E-state index in [1.165, 1.54) is 31.2 Å². The fraction of sp³-hybridized carbons (Fsp3) is 0.800. The van der Waals surface area contributed by atoms with E-state index in [2.05, 4.69) is 28.8 Å². The van der Waals surface area contributed by atoms with Crippen LogP contribution in [0.15, 0.2) is 12.4 Å². The fourth-order valence-electron chi connectivity index (χ4n) is 7.11. The van der Waals surface area contributed by atoms with Gasteiger partial charge >= 0.3 is 0 Å². The van der Waals surface area contributed by atoms with Gasteiger partial charge in [0.1, 0.15) is 5.78 Å². The Morgan fingerprint density at radius 2 is 1.74 bits per heavy atom. The standard InChI is InChI=1S/C25H39N5O/c1-17(2)23(31)20-9-25(10-20)7-18(8-25)13-28(3)14-19-11-26-24(27-12-19)30-21-5-6-22(30)16-29(4)15-21/h11-12,17-18,20-22H,5-10,13-16H2,1-4H3. The van der Waals surface area contributed by atoms with Crippen LogP contribution < -0.4 is 4.90 Å². The number of aromatic nitrogens is 2. The third kappa shape index (κ3) is 4.13. The molecule has 2 atom stereocenters. The molecule has 1 aromatic heterocycles. The number of anilines is 1. The molecule has 2 saturated heterocycles. The molecule has 170 valence electrons. The van der Waals surface area contributed by atoms with E-state index in [-0.39, 0.29) is 5.92 Å². The summed E-state index contributed by atoms with van der Waals surface area (Å²) in [4.78, 5) is 29.0. The van der Waals surface area contributed by atoms with Crippen molar-refractivity contribution in [3.8, 4) is 0 Å². The maximum absolute atomic E-state index is 12.2. The number of fused-ring (bicyclic) bond motifs is 2. The van der Waals surface area contributed by atoms with E-state index in [0.717, 1.165) is 50.9 Å². The lowest BCUT2D eigenvalue weighted by Crippen LogP contribution is -2.53. The van der Waals surface area contributed by atoms with Crippen LogP contribution in [0.4, 0.5) is 5.95 Å². The second-order valence-corrected chi connectivity index (χ2v) is 11.5. The number of carbonyl (C=O) groups is 1. The van der Waals surface area contributed by atoms with Crippen LogP contribution in [0.3, 0.4) is 0 Å². The average Bonchev–Trinajstić information content (AvgIpc) is 2.93. The summed E-state index contributed by atoms with van der Waals surface area (Å²) in [6.07, 6.45) is 11.5. The van der Waals surface area contributed by atoms with Crippen molar-refractivity contribution in [2.45, 2.75) is 71.0 Å². The number of likely N-dealkylation sites (tertiary alicyclic amines) is 1. The molecule has 0 aromatic carbocycles. The number of piperazine rings is 1. The maximum atomic E-state index is 12.2. The second kappa shape index (κ2) is 8.11. The Bertz CT molecular complexity index is 781. The van der Waals surface area contributed by atoms with Gasteiger partial charge in [-0.2, -0.15) is 0 Å². The SMILES string of the molecule is CC(C)C(=O)C1CC2(CC(CN(C)Cc3cnc(N4C5CCC4CN(C)C5)nc3)C2)C1. The van der Waals surface area contributed by atoms with Crippen LogP contribution in [0.1, 0.15) is 57.9 Å². The van der Waals surface area contributed by atoms with Crippen LogP contribution in [-0.4, -0.2) is 71.4 Å². The van der Waals surface area contributed by atoms with Crippen molar-refractivity contribution in [3.63, 3.8) is 0 Å². The molecule has 2 saturated carbocycles. The van der Waals surface area contributed by atoms with Gasteiger partial charge in [-0.25, -0.2) is 9.97 Å². The minimum atomic E-state index is 0.198. The summed E-state index contributed by atoms with van der Waals surface area (Å²) >= 11 is 0. The van der Waals surface area contributed by atoms with Gasteiger partial charge in [0.15, 0.2) is 0 Å². The highest BCUT2D eigenvalue weighted by atomic mass is 16.1. The Labute approximate surface area is 187 Å². The first-order chi connectivity index (χ1) is 14.8. The predicted molar refractivity (Wildman–Crippen MR) is 123 cm³/mol. The highest BCUT2D eigenvalue weighted by molar-refractivity contribution is 5.83. The van der Waals surface area contributed by atoms with Crippen LogP contribution in [0.2, 0.25) is 0 Å². The number of likely N-dealkylation sites (N-methyl/N-ethyl adjacent to an activating group) is 1. The lowest BCUT2D eigenvalue weighted by Gasteiger charge is -2.58. The number of nitrogens with zero attached hydrogens (tertiary/aromatic N) is 5. The largest absolute Gasteiger partial charge is 0.332 e. The van der Waals surface area contributed by atoms with Crippen molar-refractivity contribution in [2.24, 2.45) is 23.2 Å². The van der Waals surface area contributed by atoms with Crippen LogP contribution >= 0.6 is 0 Å². The first kappa shape index (κ1) is 21.3. The third-order valence-corrected chi connectivity index (χ3v) is 8.38. The molecule has 6 nitrogen and oxygen atoms in total. The normalized spacial score (nSPS) is 35.0. The molecular formula is C25H39N5O. The lowest BCUT2D eigenvalue weighted by atomic mass is 9.47. The van der Waals surface area contributed by atoms with Crippen molar-refractivity contribution >= 4 is 11.7 Å². The smallest absolute Gasteiger partial charge is 0.225 e. The van der Waals surface area contributed by atoms with Gasteiger partial charge in [-0.15, -0.1) is 0 Å². The zero-order chi connectivity index (χ0) is 21.8. The van der Waals surface area contributed by atoms with E-state index in [0.29, 0.717) is 29.2 Å². The van der Waals surface area contributed by atoms with Gasteiger partial charge in [-0.3, -0.25) is 4.79 Å². The van der Waals surface area contributed by atoms with E-state index >= 15 is 0 Å². The van der Waals surface area contributed by atoms with Gasteiger partial charge in [0.05, 0.1) is 0 Å². The first-order valence-corrected chi connectivity index (χ1v) is 12.3. The number of hydrogen-bond acceptors (Lipinski definition) is 6. The predicted octanol–water partition coefficient (Wildman–Crippen LogP) is 3.22. The van der Waals surface area contributed by atoms with Crippen molar-refractivity contribution in [2.75, 3.05) is 38.6 Å². The topological polar surface area (TPSA) is 52.6 Å². The summed E-state index contributed by atoms with van der Waals surface area (Å²) in [7, 11) is 4.44. The zero-order valence-electron chi connectivity index (χ0n) is 19.8. The Balaban J connectivity index is 1.08. The maximum Gasteiger partial charge on any atom is 0.225 e. The number of Topliss-reactive ketones (excluding diaryl/α,β-unsaturated/α-hetero) is 1. The molecule has 2 unspecified atom stereocenters. The average molecular weight is 426 g/mol. The van der Waals surface area contributed by atoms with E-state index < -0.39 is 0 Å². The summed E-state index contributed by atoms with van der Waals surface area (Å²) < 4.78 is 0. The molecule has 2 aliphatic heterocycles. The number of carbonyl (C=O) groups excluding carboxylic acids is 1. The van der Waals surface area contributed by atoms with Crippen molar-refractivity contribution in [1.82, 2.24) is 19.8 Å². The van der Waals surface area contributed by atoms with Crippen LogP contribution in [0.5, 0.6) is 0 Å². The second-order valence-electron chi connectivity index (χ2n) is 11.5. The molecular weight excluding hydrogens is 386 g/mol. The molecule has 31 heavy (non-hydrogen) atoms. The fourth-order valence-corrected chi connectivity index (χ4v) is 7.11. The lowest BCUT2D eigenvalue weighted by molar-refractivity contribution is -0.142. The number of rotatable bonds is 7. The summed E-state index contributed by atoms with van der Waals surface area (Å²) in [6, 6.07) is 1.15. The van der Waals surface area contributed by atoms with Gasteiger partial charge in [0, 0.05) is 68.1 Å². The minimum Gasteiger partial charge on any atom is -0.332 e. The summed E-state index contributed by atoms with van der Waals surface area (Å²) in [5.41, 5.74) is 1.71. The highest BCUT2D eigenvalue weighted by Crippen LogP contribution is 2.61. The molecule has 0 N–H and O–H groups in total. The summed E-state index contributed by atoms with van der Waals surface area (Å²) in [6.45, 7) is 8.37. The molecule has 6 heteroatoms. The quantitative estimate of drug-likeness (QED) is 0.669. The minimum absolute atomic E-state index is 0.198. The van der Waals surface area contributed by atoms with Crippen LogP contribution in [-0.2, 0) is 11.3 Å². The molecule has 4 fully saturated rings. The molecule has 2 bridgehead atoms. The molecule has 0 radical (unpaired) electrons. The van der Waals surface area contributed by atoms with E-state index in [1.807, 2.05) is 26.2 Å². The van der Waals surface area contributed by atoms with Gasteiger partial charge in [0.25, 0.3) is 0 Å². The molecule has 4 aliphatic rings. The van der Waals surface area contributed by atoms with Gasteiger partial charge in [0.2, 0.25) is 5.95 Å². The van der Waals surface area contributed by atoms with Crippen LogP contribution in [0, 0.1) is 23.2 Å². The Morgan fingerprint density at radius 3 is 2.32 bits per heavy atom. The van der Waals surface area contributed by atoms with Gasteiger partial charge < -0.3 is 14.7 Å². The monoisotopic (exact) mass is 425 g/mol. The third-order valence-electron chi connectivity index (χ3n) is 8.38. The van der Waals surface area contributed by atoms with Crippen molar-refractivity contribution in [3.05, 3.63) is 18.0 Å². The molecule has 2 aliphatic carbocycles. The Hall–Kier alpha value is -1.53. The van der Waals surface area contributed by atoms with Gasteiger partial charge in [-0.1, -0.05) is 13.8 Å². The number of ketones is 1. The van der Waals surface area contributed by atoms with Crippen molar-refractivity contribution in [1.29, 1.82) is 0 Å². The first-order valence-electron chi connectivity index (χ1n) is 12.3. The molecule has 5 rings (SSSR count). The molecule has 0 amide bonds. The zero-order valence-corrected chi connectivity index (χ0v) is 19.8. The molecule has 1 spiro atoms.